The quantitative estimate of drug-likeness (QED) is 0.658. The van der Waals surface area contributed by atoms with Crippen molar-refractivity contribution in [2.45, 2.75) is 34.2 Å². The number of aromatic nitrogens is 1. The minimum absolute atomic E-state index is 0.755. The first kappa shape index (κ1) is 20.6. The van der Waals surface area contributed by atoms with Gasteiger partial charge in [-0.2, -0.15) is 0 Å². The summed E-state index contributed by atoms with van der Waals surface area (Å²) in [7, 11) is 3.06. The monoisotopic (exact) mass is 340 g/mol. The van der Waals surface area contributed by atoms with Crippen molar-refractivity contribution in [3.05, 3.63) is 58.8 Å². The van der Waals surface area contributed by atoms with E-state index >= 15 is 0 Å². The van der Waals surface area contributed by atoms with Crippen molar-refractivity contribution in [3.63, 3.8) is 0 Å². The number of pyridine rings is 1. The molecule has 1 aliphatic heterocycles. The second-order valence-corrected chi connectivity index (χ2v) is 5.56. The van der Waals surface area contributed by atoms with Gasteiger partial charge in [0.05, 0.1) is 16.9 Å². The second-order valence-electron chi connectivity index (χ2n) is 5.56. The molecule has 1 aromatic carbocycles. The van der Waals surface area contributed by atoms with E-state index < -0.39 is 0 Å². The number of hydrogen-bond acceptors (Lipinski definition) is 4. The van der Waals surface area contributed by atoms with Crippen molar-refractivity contribution >= 4 is 22.9 Å². The number of para-hydroxylation sites is 1. The first-order chi connectivity index (χ1) is 12.1. The van der Waals surface area contributed by atoms with Crippen molar-refractivity contribution in [1.82, 2.24) is 9.88 Å². The van der Waals surface area contributed by atoms with E-state index in [0.717, 1.165) is 48.0 Å². The Morgan fingerprint density at radius 2 is 1.80 bits per heavy atom. The topological polar surface area (TPSA) is 53.4 Å². The Hall–Kier alpha value is -2.46. The molecule has 0 atom stereocenters. The van der Waals surface area contributed by atoms with Crippen LogP contribution in [-0.2, 0) is 11.3 Å². The Labute approximate surface area is 150 Å². The fourth-order valence-electron chi connectivity index (χ4n) is 2.61. The van der Waals surface area contributed by atoms with Gasteiger partial charge in [0.1, 0.15) is 6.29 Å². The van der Waals surface area contributed by atoms with Gasteiger partial charge in [0.15, 0.2) is 0 Å². The number of aliphatic hydroxyl groups is 1. The molecule has 1 N–H and O–H groups in total. The van der Waals surface area contributed by atoms with Crippen LogP contribution in [0.15, 0.2) is 47.6 Å². The van der Waals surface area contributed by atoms with Crippen LogP contribution in [0.25, 0.3) is 16.6 Å². The number of aldehydes is 1. The van der Waals surface area contributed by atoms with Crippen LogP contribution in [0.4, 0.5) is 0 Å². The summed E-state index contributed by atoms with van der Waals surface area (Å²) in [5, 5.41) is 8.17. The molecule has 134 valence electrons. The standard InChI is InChI=1S/C18H18N2O.C2H6.CH4O/c1-12(13(2)11-21)8-17-18-15(10-20(17)3)9-14-6-4-5-7-16(14)19-18;2*1-2/h4-9,11H,10H2,1-3H3;1-2H3;2H,1H3/b13-12-,17-8-;;. The maximum Gasteiger partial charge on any atom is 0.146 e. The number of allylic oxidation sites excluding steroid dienone is 3. The van der Waals surface area contributed by atoms with Crippen LogP contribution in [0.2, 0.25) is 0 Å². The highest BCUT2D eigenvalue weighted by molar-refractivity contribution is 5.84. The molecule has 0 spiro atoms. The average Bonchev–Trinajstić information content (AvgIpc) is 2.96. The molecule has 0 saturated carbocycles. The van der Waals surface area contributed by atoms with E-state index in [1.165, 1.54) is 10.9 Å². The van der Waals surface area contributed by atoms with Crippen molar-refractivity contribution in [2.75, 3.05) is 14.2 Å². The molecule has 0 fully saturated rings. The van der Waals surface area contributed by atoms with Crippen molar-refractivity contribution < 1.29 is 9.90 Å². The third-order valence-corrected chi connectivity index (χ3v) is 4.02. The number of aliphatic hydroxyl groups excluding tert-OH is 1. The molecular weight excluding hydrogens is 312 g/mol. The van der Waals surface area contributed by atoms with Gasteiger partial charge in [-0.25, -0.2) is 4.98 Å². The normalized spacial score (nSPS) is 14.8. The summed E-state index contributed by atoms with van der Waals surface area (Å²) in [4.78, 5) is 17.9. The second kappa shape index (κ2) is 9.74. The van der Waals surface area contributed by atoms with Gasteiger partial charge in [-0.1, -0.05) is 32.0 Å². The molecule has 25 heavy (non-hydrogen) atoms. The predicted octanol–water partition coefficient (Wildman–Crippen LogP) is 4.19. The molecule has 0 radical (unpaired) electrons. The zero-order valence-corrected chi connectivity index (χ0v) is 16.0. The van der Waals surface area contributed by atoms with E-state index in [1.54, 1.807) is 0 Å². The van der Waals surface area contributed by atoms with Crippen LogP contribution in [0.5, 0.6) is 0 Å². The van der Waals surface area contributed by atoms with Gasteiger partial charge in [0, 0.05) is 26.1 Å². The minimum Gasteiger partial charge on any atom is -0.400 e. The Morgan fingerprint density at radius 1 is 1.16 bits per heavy atom. The molecule has 1 aromatic heterocycles. The number of carbonyl (C=O) groups excluding carboxylic acids is 1. The Kier molecular flexibility index (Phi) is 8.02. The lowest BCUT2D eigenvalue weighted by Gasteiger charge is -2.13. The highest BCUT2D eigenvalue weighted by Gasteiger charge is 2.23. The van der Waals surface area contributed by atoms with Crippen molar-refractivity contribution in [2.24, 2.45) is 0 Å². The van der Waals surface area contributed by atoms with Crippen LogP contribution in [0.1, 0.15) is 39.0 Å². The van der Waals surface area contributed by atoms with Crippen LogP contribution >= 0.6 is 0 Å². The molecular formula is C21H28N2O2. The molecule has 0 amide bonds. The third-order valence-electron chi connectivity index (χ3n) is 4.02. The number of carbonyl (C=O) groups is 1. The summed E-state index contributed by atoms with van der Waals surface area (Å²) in [6.45, 7) is 8.65. The Morgan fingerprint density at radius 3 is 2.44 bits per heavy atom. The fourth-order valence-corrected chi connectivity index (χ4v) is 2.61. The number of rotatable bonds is 2. The van der Waals surface area contributed by atoms with Gasteiger partial charge >= 0.3 is 0 Å². The summed E-state index contributed by atoms with van der Waals surface area (Å²) < 4.78 is 0. The minimum atomic E-state index is 0.755. The number of fused-ring (bicyclic) bond motifs is 2. The lowest BCUT2D eigenvalue weighted by molar-refractivity contribution is -0.104. The summed E-state index contributed by atoms with van der Waals surface area (Å²) in [6, 6.07) is 10.4. The van der Waals surface area contributed by atoms with Crippen LogP contribution < -0.4 is 0 Å². The van der Waals surface area contributed by atoms with Crippen LogP contribution in [0.3, 0.4) is 0 Å². The van der Waals surface area contributed by atoms with Crippen LogP contribution in [0, 0.1) is 0 Å². The molecule has 0 aliphatic carbocycles. The summed E-state index contributed by atoms with van der Waals surface area (Å²) in [5.41, 5.74) is 6.08. The smallest absolute Gasteiger partial charge is 0.146 e. The molecule has 0 unspecified atom stereocenters. The third kappa shape index (κ3) is 4.54. The molecule has 1 aliphatic rings. The van der Waals surface area contributed by atoms with Crippen LogP contribution in [-0.4, -0.2) is 35.4 Å². The average molecular weight is 340 g/mol. The lowest BCUT2D eigenvalue weighted by Crippen LogP contribution is -2.08. The highest BCUT2D eigenvalue weighted by Crippen LogP contribution is 2.33. The highest BCUT2D eigenvalue weighted by atomic mass is 16.2. The van der Waals surface area contributed by atoms with Gasteiger partial charge in [-0.15, -0.1) is 0 Å². The van der Waals surface area contributed by atoms with Crippen molar-refractivity contribution in [3.8, 4) is 0 Å². The molecule has 0 bridgehead atoms. The van der Waals surface area contributed by atoms with E-state index in [9.17, 15) is 4.79 Å². The van der Waals surface area contributed by atoms with Gasteiger partial charge in [0.2, 0.25) is 0 Å². The molecule has 0 saturated heterocycles. The fraction of sp³-hybridized carbons (Fsp3) is 0.333. The van der Waals surface area contributed by atoms with Gasteiger partial charge in [-0.3, -0.25) is 4.79 Å². The van der Waals surface area contributed by atoms with E-state index in [0.29, 0.717) is 0 Å². The molecule has 4 nitrogen and oxygen atoms in total. The summed E-state index contributed by atoms with van der Waals surface area (Å²) in [5.74, 6) is 0. The Balaban J connectivity index is 0.000000730. The maximum atomic E-state index is 10.9. The van der Waals surface area contributed by atoms with Gasteiger partial charge < -0.3 is 10.0 Å². The first-order valence-corrected chi connectivity index (χ1v) is 8.49. The van der Waals surface area contributed by atoms with E-state index in [4.69, 9.17) is 10.1 Å². The molecule has 4 heteroatoms. The number of nitrogens with zero attached hydrogens (tertiary/aromatic N) is 2. The largest absolute Gasteiger partial charge is 0.400 e. The van der Waals surface area contributed by atoms with E-state index in [1.807, 2.05) is 45.9 Å². The lowest BCUT2D eigenvalue weighted by atomic mass is 10.1. The van der Waals surface area contributed by atoms with E-state index in [-0.39, 0.29) is 0 Å². The zero-order chi connectivity index (χ0) is 19.0. The van der Waals surface area contributed by atoms with Gasteiger partial charge in [0.25, 0.3) is 0 Å². The van der Waals surface area contributed by atoms with Crippen molar-refractivity contribution in [1.29, 1.82) is 0 Å². The number of benzene rings is 1. The van der Waals surface area contributed by atoms with E-state index in [2.05, 4.69) is 30.2 Å². The first-order valence-electron chi connectivity index (χ1n) is 8.49. The molecule has 2 heterocycles. The molecule has 3 rings (SSSR count). The SMILES string of the molecule is C/C(C=O)=C(C)/C=C1/c2nc3ccccc3cc2CN1C.CC.CO. The summed E-state index contributed by atoms with van der Waals surface area (Å²) >= 11 is 0. The predicted molar refractivity (Wildman–Crippen MR) is 105 cm³/mol. The Bertz CT molecular complexity index is 792. The zero-order valence-electron chi connectivity index (χ0n) is 16.0. The maximum absolute atomic E-state index is 10.9. The summed E-state index contributed by atoms with van der Waals surface area (Å²) in [6.07, 6.45) is 2.95. The number of hydrogen-bond donors (Lipinski definition) is 1. The molecule has 2 aromatic rings. The van der Waals surface area contributed by atoms with Gasteiger partial charge in [-0.05, 0) is 48.8 Å².